The lowest BCUT2D eigenvalue weighted by molar-refractivity contribution is 0.0600. The average molecular weight is 391 g/mol. The third-order valence-electron chi connectivity index (χ3n) is 4.12. The molecule has 0 aliphatic rings. The van der Waals surface area contributed by atoms with Crippen molar-refractivity contribution in [1.82, 2.24) is 10.2 Å². The number of esters is 1. The van der Waals surface area contributed by atoms with Gasteiger partial charge in [-0.2, -0.15) is 0 Å². The number of nitrogens with zero attached hydrogens (tertiary/aromatic N) is 3. The third kappa shape index (κ3) is 5.07. The molecule has 3 aromatic rings. The molecule has 0 atom stereocenters. The van der Waals surface area contributed by atoms with Gasteiger partial charge in [0, 0.05) is 31.2 Å². The molecule has 0 aliphatic heterocycles. The van der Waals surface area contributed by atoms with Crippen LogP contribution < -0.4 is 15.5 Å². The van der Waals surface area contributed by atoms with Crippen LogP contribution in [-0.4, -0.2) is 43.3 Å². The maximum atomic E-state index is 12.3. The summed E-state index contributed by atoms with van der Waals surface area (Å²) in [4.78, 5) is 25.8. The van der Waals surface area contributed by atoms with Gasteiger partial charge in [0.1, 0.15) is 0 Å². The molecular formula is C21H21N5O3. The van der Waals surface area contributed by atoms with Gasteiger partial charge in [0.05, 0.1) is 12.7 Å². The predicted molar refractivity (Wildman–Crippen MR) is 112 cm³/mol. The lowest BCUT2D eigenvalue weighted by Gasteiger charge is -2.13. The normalized spacial score (nSPS) is 10.2. The zero-order valence-corrected chi connectivity index (χ0v) is 16.3. The number of hydrogen-bond donors (Lipinski definition) is 2. The fraction of sp³-hybridized carbons (Fsp3) is 0.143. The summed E-state index contributed by atoms with van der Waals surface area (Å²) in [5.41, 5.74) is 3.07. The van der Waals surface area contributed by atoms with E-state index in [2.05, 4.69) is 25.6 Å². The topological polar surface area (TPSA) is 96.4 Å². The first-order chi connectivity index (χ1) is 14.0. The zero-order chi connectivity index (χ0) is 20.8. The first kappa shape index (κ1) is 19.8. The monoisotopic (exact) mass is 391 g/mol. The molecule has 8 heteroatoms. The summed E-state index contributed by atoms with van der Waals surface area (Å²) in [6.07, 6.45) is 0. The van der Waals surface area contributed by atoms with Crippen LogP contribution in [0.1, 0.15) is 20.8 Å². The Morgan fingerprint density at radius 2 is 1.52 bits per heavy atom. The van der Waals surface area contributed by atoms with Crippen LogP contribution in [0.5, 0.6) is 0 Å². The summed E-state index contributed by atoms with van der Waals surface area (Å²) in [5, 5.41) is 13.9. The van der Waals surface area contributed by atoms with Crippen molar-refractivity contribution < 1.29 is 14.3 Å². The first-order valence-corrected chi connectivity index (χ1v) is 8.84. The number of amides is 1. The third-order valence-corrected chi connectivity index (χ3v) is 4.12. The van der Waals surface area contributed by atoms with E-state index in [1.807, 2.05) is 43.3 Å². The maximum Gasteiger partial charge on any atom is 0.337 e. The van der Waals surface area contributed by atoms with Crippen LogP contribution in [0, 0.1) is 0 Å². The number of ether oxygens (including phenoxy) is 1. The van der Waals surface area contributed by atoms with E-state index in [0.717, 1.165) is 11.4 Å². The molecule has 8 nitrogen and oxygen atoms in total. The van der Waals surface area contributed by atoms with Gasteiger partial charge in [-0.05, 0) is 60.7 Å². The molecule has 29 heavy (non-hydrogen) atoms. The number of benzene rings is 2. The number of carbonyl (C=O) groups is 2. The van der Waals surface area contributed by atoms with Crippen molar-refractivity contribution in [1.29, 1.82) is 0 Å². The van der Waals surface area contributed by atoms with Gasteiger partial charge < -0.3 is 20.3 Å². The number of aromatic nitrogens is 2. The number of carbonyl (C=O) groups excluding carboxylic acids is 2. The molecule has 2 N–H and O–H groups in total. The quantitative estimate of drug-likeness (QED) is 0.622. The summed E-state index contributed by atoms with van der Waals surface area (Å²) in [5.74, 6) is -0.306. The Hall–Kier alpha value is -3.94. The minimum Gasteiger partial charge on any atom is -0.465 e. The molecule has 0 radical (unpaired) electrons. The summed E-state index contributed by atoms with van der Waals surface area (Å²) >= 11 is 0. The van der Waals surface area contributed by atoms with E-state index in [-0.39, 0.29) is 5.69 Å². The highest BCUT2D eigenvalue weighted by Crippen LogP contribution is 2.19. The van der Waals surface area contributed by atoms with Crippen LogP contribution in [-0.2, 0) is 4.74 Å². The molecular weight excluding hydrogens is 370 g/mol. The fourth-order valence-electron chi connectivity index (χ4n) is 2.51. The summed E-state index contributed by atoms with van der Waals surface area (Å²) in [6, 6.07) is 17.5. The molecule has 0 unspecified atom stereocenters. The first-order valence-electron chi connectivity index (χ1n) is 8.84. The molecule has 1 heterocycles. The van der Waals surface area contributed by atoms with Gasteiger partial charge in [-0.15, -0.1) is 10.2 Å². The Morgan fingerprint density at radius 3 is 2.07 bits per heavy atom. The minimum absolute atomic E-state index is 0.176. The van der Waals surface area contributed by atoms with Crippen LogP contribution in [0.15, 0.2) is 60.7 Å². The second-order valence-electron chi connectivity index (χ2n) is 6.39. The summed E-state index contributed by atoms with van der Waals surface area (Å²) in [7, 11) is 5.27. The second-order valence-corrected chi connectivity index (χ2v) is 6.39. The lowest BCUT2D eigenvalue weighted by atomic mass is 10.2. The van der Waals surface area contributed by atoms with Crippen LogP contribution in [0.2, 0.25) is 0 Å². The maximum absolute atomic E-state index is 12.3. The predicted octanol–water partition coefficient (Wildman–Crippen LogP) is 3.33. The highest BCUT2D eigenvalue weighted by Gasteiger charge is 2.10. The fourth-order valence-corrected chi connectivity index (χ4v) is 2.51. The Morgan fingerprint density at radius 1 is 0.862 bits per heavy atom. The van der Waals surface area contributed by atoms with Crippen molar-refractivity contribution in [3.63, 3.8) is 0 Å². The highest BCUT2D eigenvalue weighted by atomic mass is 16.5. The summed E-state index contributed by atoms with van der Waals surface area (Å²) < 4.78 is 4.64. The molecule has 0 fully saturated rings. The van der Waals surface area contributed by atoms with Gasteiger partial charge in [-0.1, -0.05) is 0 Å². The van der Waals surface area contributed by atoms with Gasteiger partial charge >= 0.3 is 5.97 Å². The molecule has 148 valence electrons. The van der Waals surface area contributed by atoms with Crippen molar-refractivity contribution in [2.75, 3.05) is 36.7 Å². The van der Waals surface area contributed by atoms with Gasteiger partial charge in [-0.25, -0.2) is 4.79 Å². The molecule has 0 saturated heterocycles. The van der Waals surface area contributed by atoms with Crippen LogP contribution in [0.4, 0.5) is 22.9 Å². The van der Waals surface area contributed by atoms with Crippen LogP contribution in [0.25, 0.3) is 0 Å². The van der Waals surface area contributed by atoms with Gasteiger partial charge in [-0.3, -0.25) is 4.79 Å². The van der Waals surface area contributed by atoms with Gasteiger partial charge in [0.15, 0.2) is 11.5 Å². The molecule has 1 aromatic heterocycles. The summed E-state index contributed by atoms with van der Waals surface area (Å²) in [6.45, 7) is 0. The Bertz CT molecular complexity index is 984. The molecule has 2 aromatic carbocycles. The Balaban J connectivity index is 1.61. The van der Waals surface area contributed by atoms with Crippen LogP contribution in [0.3, 0.4) is 0 Å². The SMILES string of the molecule is COC(=O)c1ccc(NC(=O)c2ccc(Nc3ccc(N(C)C)cc3)nn2)cc1. The average Bonchev–Trinajstić information content (AvgIpc) is 2.74. The number of hydrogen-bond acceptors (Lipinski definition) is 7. The van der Waals surface area contributed by atoms with E-state index in [1.54, 1.807) is 36.4 Å². The second kappa shape index (κ2) is 8.83. The largest absolute Gasteiger partial charge is 0.465 e. The Kier molecular flexibility index (Phi) is 6.03. The van der Waals surface area contributed by atoms with E-state index < -0.39 is 11.9 Å². The molecule has 0 saturated carbocycles. The molecule has 1 amide bonds. The van der Waals surface area contributed by atoms with Crippen LogP contribution >= 0.6 is 0 Å². The van der Waals surface area contributed by atoms with E-state index in [9.17, 15) is 9.59 Å². The van der Waals surface area contributed by atoms with E-state index in [4.69, 9.17) is 0 Å². The zero-order valence-electron chi connectivity index (χ0n) is 16.3. The highest BCUT2D eigenvalue weighted by molar-refractivity contribution is 6.03. The van der Waals surface area contributed by atoms with Crippen molar-refractivity contribution in [3.05, 3.63) is 71.9 Å². The number of rotatable bonds is 6. The van der Waals surface area contributed by atoms with E-state index in [1.165, 1.54) is 7.11 Å². The van der Waals surface area contributed by atoms with E-state index >= 15 is 0 Å². The smallest absolute Gasteiger partial charge is 0.337 e. The number of anilines is 4. The van der Waals surface area contributed by atoms with Gasteiger partial charge in [0.25, 0.3) is 5.91 Å². The van der Waals surface area contributed by atoms with E-state index in [0.29, 0.717) is 17.1 Å². The molecule has 0 bridgehead atoms. The number of nitrogens with one attached hydrogen (secondary N) is 2. The Labute approximate surface area is 168 Å². The van der Waals surface area contributed by atoms with Crippen molar-refractivity contribution in [2.45, 2.75) is 0 Å². The minimum atomic E-state index is -0.437. The molecule has 0 spiro atoms. The standard InChI is InChI=1S/C21H21N5O3/c1-26(2)17-10-8-15(9-11-17)22-19-13-12-18(24-25-19)20(27)23-16-6-4-14(5-7-16)21(28)29-3/h4-13H,1-3H3,(H,22,25)(H,23,27). The number of methoxy groups -OCH3 is 1. The van der Waals surface area contributed by atoms with Crippen molar-refractivity contribution in [3.8, 4) is 0 Å². The molecule has 3 rings (SSSR count). The lowest BCUT2D eigenvalue weighted by Crippen LogP contribution is -2.14. The van der Waals surface area contributed by atoms with Crippen molar-refractivity contribution >= 4 is 34.8 Å². The van der Waals surface area contributed by atoms with Crippen molar-refractivity contribution in [2.24, 2.45) is 0 Å². The molecule has 0 aliphatic carbocycles. The van der Waals surface area contributed by atoms with Gasteiger partial charge in [0.2, 0.25) is 0 Å².